The molecule has 0 fully saturated rings. The Kier molecular flexibility index (Phi) is 5.36. The van der Waals surface area contributed by atoms with Crippen molar-refractivity contribution in [1.29, 1.82) is 0 Å². The molecule has 0 unspecified atom stereocenters. The fourth-order valence-corrected chi connectivity index (χ4v) is 2.66. The van der Waals surface area contributed by atoms with Crippen LogP contribution in [-0.4, -0.2) is 22.8 Å². The van der Waals surface area contributed by atoms with Gasteiger partial charge in [0.15, 0.2) is 0 Å². The SMILES string of the molecule is COc1ccc(CC(=O)Nc2ccnn2Cc2ccccc2Cl)cc1. The van der Waals surface area contributed by atoms with E-state index in [1.54, 1.807) is 24.1 Å². The number of methoxy groups -OCH3 is 1. The second-order valence-electron chi connectivity index (χ2n) is 5.54. The van der Waals surface area contributed by atoms with Gasteiger partial charge in [0.1, 0.15) is 11.6 Å². The number of ether oxygens (including phenoxy) is 1. The molecule has 0 atom stereocenters. The van der Waals surface area contributed by atoms with Crippen LogP contribution in [0.5, 0.6) is 5.75 Å². The minimum Gasteiger partial charge on any atom is -0.497 e. The van der Waals surface area contributed by atoms with Crippen molar-refractivity contribution >= 4 is 23.3 Å². The lowest BCUT2D eigenvalue weighted by Gasteiger charge is -2.10. The van der Waals surface area contributed by atoms with Crippen molar-refractivity contribution in [3.05, 3.63) is 76.9 Å². The number of rotatable bonds is 6. The van der Waals surface area contributed by atoms with Gasteiger partial charge in [-0.05, 0) is 29.3 Å². The Morgan fingerprint density at radius 2 is 1.92 bits per heavy atom. The molecule has 0 radical (unpaired) electrons. The number of hydrogen-bond acceptors (Lipinski definition) is 3. The summed E-state index contributed by atoms with van der Waals surface area (Å²) in [6.45, 7) is 0.491. The van der Waals surface area contributed by atoms with E-state index in [9.17, 15) is 4.79 Å². The summed E-state index contributed by atoms with van der Waals surface area (Å²) in [6.07, 6.45) is 1.93. The second-order valence-corrected chi connectivity index (χ2v) is 5.95. The summed E-state index contributed by atoms with van der Waals surface area (Å²) in [5.41, 5.74) is 1.86. The van der Waals surface area contributed by atoms with Gasteiger partial charge in [-0.2, -0.15) is 5.10 Å². The lowest BCUT2D eigenvalue weighted by atomic mass is 10.1. The number of hydrogen-bond donors (Lipinski definition) is 1. The first kappa shape index (κ1) is 17.0. The summed E-state index contributed by atoms with van der Waals surface area (Å²) in [7, 11) is 1.61. The van der Waals surface area contributed by atoms with Crippen molar-refractivity contribution in [3.63, 3.8) is 0 Å². The molecular formula is C19H18ClN3O2. The van der Waals surface area contributed by atoms with Gasteiger partial charge in [-0.3, -0.25) is 4.79 Å². The van der Waals surface area contributed by atoms with Crippen molar-refractivity contribution in [2.45, 2.75) is 13.0 Å². The molecule has 2 aromatic carbocycles. The molecular weight excluding hydrogens is 338 g/mol. The van der Waals surface area contributed by atoms with Crippen molar-refractivity contribution < 1.29 is 9.53 Å². The van der Waals surface area contributed by atoms with Crippen LogP contribution in [0.3, 0.4) is 0 Å². The van der Waals surface area contributed by atoms with Gasteiger partial charge in [-0.15, -0.1) is 0 Å². The van der Waals surface area contributed by atoms with Crippen LogP contribution in [0.2, 0.25) is 5.02 Å². The Morgan fingerprint density at radius 3 is 2.64 bits per heavy atom. The van der Waals surface area contributed by atoms with Gasteiger partial charge in [0.25, 0.3) is 0 Å². The minimum absolute atomic E-state index is 0.105. The number of benzene rings is 2. The lowest BCUT2D eigenvalue weighted by Crippen LogP contribution is -2.18. The fraction of sp³-hybridized carbons (Fsp3) is 0.158. The van der Waals surface area contributed by atoms with Gasteiger partial charge in [-0.25, -0.2) is 4.68 Å². The normalized spacial score (nSPS) is 10.5. The van der Waals surface area contributed by atoms with Crippen LogP contribution < -0.4 is 10.1 Å². The van der Waals surface area contributed by atoms with E-state index in [1.807, 2.05) is 48.5 Å². The number of carbonyl (C=O) groups excluding carboxylic acids is 1. The van der Waals surface area contributed by atoms with Crippen LogP contribution in [0.4, 0.5) is 5.82 Å². The number of aromatic nitrogens is 2. The van der Waals surface area contributed by atoms with Crippen LogP contribution in [0.15, 0.2) is 60.8 Å². The summed E-state index contributed by atoms with van der Waals surface area (Å²) >= 11 is 6.19. The zero-order chi connectivity index (χ0) is 17.6. The first-order valence-corrected chi connectivity index (χ1v) is 8.21. The quantitative estimate of drug-likeness (QED) is 0.732. The zero-order valence-corrected chi connectivity index (χ0v) is 14.5. The molecule has 25 heavy (non-hydrogen) atoms. The highest BCUT2D eigenvalue weighted by atomic mass is 35.5. The van der Waals surface area contributed by atoms with Gasteiger partial charge in [-0.1, -0.05) is 41.9 Å². The maximum Gasteiger partial charge on any atom is 0.229 e. The van der Waals surface area contributed by atoms with E-state index in [2.05, 4.69) is 10.4 Å². The molecule has 1 N–H and O–H groups in total. The zero-order valence-electron chi connectivity index (χ0n) is 13.8. The van der Waals surface area contributed by atoms with E-state index >= 15 is 0 Å². The summed E-state index contributed by atoms with van der Waals surface area (Å²) in [5.74, 6) is 1.30. The van der Waals surface area contributed by atoms with Crippen LogP contribution in [0.1, 0.15) is 11.1 Å². The molecule has 0 aliphatic rings. The number of halogens is 1. The predicted octanol–water partition coefficient (Wildman–Crippen LogP) is 3.77. The Balaban J connectivity index is 1.66. The average molecular weight is 356 g/mol. The van der Waals surface area contributed by atoms with Crippen LogP contribution >= 0.6 is 11.6 Å². The molecule has 128 valence electrons. The van der Waals surface area contributed by atoms with Gasteiger partial charge in [0, 0.05) is 11.1 Å². The molecule has 3 rings (SSSR count). The Morgan fingerprint density at radius 1 is 1.16 bits per heavy atom. The number of nitrogens with one attached hydrogen (secondary N) is 1. The highest BCUT2D eigenvalue weighted by Crippen LogP contribution is 2.18. The molecule has 0 aliphatic carbocycles. The van der Waals surface area contributed by atoms with Crippen molar-refractivity contribution in [2.24, 2.45) is 0 Å². The largest absolute Gasteiger partial charge is 0.497 e. The lowest BCUT2D eigenvalue weighted by molar-refractivity contribution is -0.115. The summed E-state index contributed by atoms with van der Waals surface area (Å²) in [5, 5.41) is 7.83. The van der Waals surface area contributed by atoms with Crippen LogP contribution in [0.25, 0.3) is 0 Å². The number of amides is 1. The summed E-state index contributed by atoms with van der Waals surface area (Å²) in [4.78, 5) is 12.3. The van der Waals surface area contributed by atoms with Gasteiger partial charge in [0.05, 0.1) is 26.3 Å². The molecule has 0 bridgehead atoms. The number of nitrogens with zero attached hydrogens (tertiary/aromatic N) is 2. The van der Waals surface area contributed by atoms with Gasteiger partial charge >= 0.3 is 0 Å². The third-order valence-corrected chi connectivity index (χ3v) is 4.15. The second kappa shape index (κ2) is 7.85. The molecule has 0 aliphatic heterocycles. The highest BCUT2D eigenvalue weighted by molar-refractivity contribution is 6.31. The standard InChI is InChI=1S/C19H18ClN3O2/c1-25-16-8-6-14(7-9-16)12-19(24)22-18-10-11-21-23(18)13-15-4-2-3-5-17(15)20/h2-11H,12-13H2,1H3,(H,22,24). The molecule has 1 amide bonds. The number of anilines is 1. The monoisotopic (exact) mass is 355 g/mol. The van der Waals surface area contributed by atoms with E-state index in [4.69, 9.17) is 16.3 Å². The van der Waals surface area contributed by atoms with Crippen LogP contribution in [0, 0.1) is 0 Å². The van der Waals surface area contributed by atoms with E-state index in [1.165, 1.54) is 0 Å². The Hall–Kier alpha value is -2.79. The minimum atomic E-state index is -0.105. The molecule has 5 nitrogen and oxygen atoms in total. The fourth-order valence-electron chi connectivity index (χ4n) is 2.47. The maximum atomic E-state index is 12.3. The molecule has 1 heterocycles. The first-order chi connectivity index (χ1) is 12.2. The molecule has 0 spiro atoms. The van der Waals surface area contributed by atoms with Crippen molar-refractivity contribution in [3.8, 4) is 5.75 Å². The molecule has 0 saturated heterocycles. The topological polar surface area (TPSA) is 56.1 Å². The molecule has 0 saturated carbocycles. The molecule has 6 heteroatoms. The summed E-state index contributed by atoms with van der Waals surface area (Å²) < 4.78 is 6.83. The molecule has 3 aromatic rings. The van der Waals surface area contributed by atoms with Crippen molar-refractivity contribution in [2.75, 3.05) is 12.4 Å². The smallest absolute Gasteiger partial charge is 0.229 e. The van der Waals surface area contributed by atoms with E-state index in [-0.39, 0.29) is 12.3 Å². The first-order valence-electron chi connectivity index (χ1n) is 7.83. The third-order valence-electron chi connectivity index (χ3n) is 3.79. The van der Waals surface area contributed by atoms with E-state index < -0.39 is 0 Å². The third kappa shape index (κ3) is 4.39. The average Bonchev–Trinajstić information content (AvgIpc) is 3.04. The highest BCUT2D eigenvalue weighted by Gasteiger charge is 2.10. The maximum absolute atomic E-state index is 12.3. The van der Waals surface area contributed by atoms with Crippen LogP contribution in [-0.2, 0) is 17.8 Å². The molecule has 1 aromatic heterocycles. The van der Waals surface area contributed by atoms with Gasteiger partial charge < -0.3 is 10.1 Å². The Labute approximate surface area is 151 Å². The van der Waals surface area contributed by atoms with Crippen molar-refractivity contribution in [1.82, 2.24) is 9.78 Å². The summed E-state index contributed by atoms with van der Waals surface area (Å²) in [6, 6.07) is 16.8. The number of carbonyl (C=O) groups is 1. The Bertz CT molecular complexity index is 859. The van der Waals surface area contributed by atoms with E-state index in [0.717, 1.165) is 16.9 Å². The predicted molar refractivity (Wildman–Crippen MR) is 98.1 cm³/mol. The van der Waals surface area contributed by atoms with Gasteiger partial charge in [0.2, 0.25) is 5.91 Å². The van der Waals surface area contributed by atoms with E-state index in [0.29, 0.717) is 17.4 Å².